The van der Waals surface area contributed by atoms with Crippen LogP contribution in [0.15, 0.2) is 0 Å². The van der Waals surface area contributed by atoms with Crippen molar-refractivity contribution in [2.75, 3.05) is 7.11 Å². The summed E-state index contributed by atoms with van der Waals surface area (Å²) in [6.45, 7) is 0. The van der Waals surface area contributed by atoms with Crippen LogP contribution >= 0.6 is 11.6 Å². The average molecular weight is 161 g/mol. The minimum atomic E-state index is 0.111. The lowest BCUT2D eigenvalue weighted by Crippen LogP contribution is -2.19. The fourth-order valence-electron chi connectivity index (χ4n) is 2.29. The molecule has 2 aliphatic carbocycles. The number of rotatable bonds is 1. The van der Waals surface area contributed by atoms with Crippen LogP contribution in [0.4, 0.5) is 0 Å². The summed E-state index contributed by atoms with van der Waals surface area (Å²) in [5, 5.41) is 0.319. The van der Waals surface area contributed by atoms with Crippen LogP contribution in [-0.4, -0.2) is 18.1 Å². The quantitative estimate of drug-likeness (QED) is 0.535. The van der Waals surface area contributed by atoms with Crippen molar-refractivity contribution < 1.29 is 4.74 Å². The maximum Gasteiger partial charge on any atom is 0.0888 e. The second-order valence-electron chi connectivity index (χ2n) is 3.41. The molecule has 2 rings (SSSR count). The summed E-state index contributed by atoms with van der Waals surface area (Å²) in [4.78, 5) is 0. The summed E-state index contributed by atoms with van der Waals surface area (Å²) in [6.07, 6.45) is 5.11. The van der Waals surface area contributed by atoms with Gasteiger partial charge in [0.2, 0.25) is 0 Å². The van der Waals surface area contributed by atoms with Crippen LogP contribution in [0.5, 0.6) is 0 Å². The number of alkyl halides is 1. The van der Waals surface area contributed by atoms with E-state index in [2.05, 4.69) is 0 Å². The highest BCUT2D eigenvalue weighted by molar-refractivity contribution is 6.24. The summed E-state index contributed by atoms with van der Waals surface area (Å²) >= 11 is 6.09. The molecular formula is C8H13ClO. The Balaban J connectivity index is 2.09. The van der Waals surface area contributed by atoms with Gasteiger partial charge in [-0.05, 0) is 12.8 Å². The molecule has 0 unspecified atom stereocenters. The molecule has 10 heavy (non-hydrogen) atoms. The smallest absolute Gasteiger partial charge is 0.0888 e. The Bertz CT molecular complexity index is 148. The van der Waals surface area contributed by atoms with E-state index in [-0.39, 0.29) is 5.60 Å². The van der Waals surface area contributed by atoms with E-state index in [1.54, 1.807) is 7.11 Å². The molecule has 0 aromatic heterocycles. The van der Waals surface area contributed by atoms with Crippen molar-refractivity contribution in [3.8, 4) is 0 Å². The fraction of sp³-hybridized carbons (Fsp3) is 1.00. The first-order chi connectivity index (χ1) is 4.81. The molecule has 0 spiro atoms. The molecule has 0 aliphatic heterocycles. The first-order valence-corrected chi connectivity index (χ1v) is 4.44. The Labute approximate surface area is 66.7 Å². The highest BCUT2D eigenvalue weighted by Gasteiger charge is 2.65. The van der Waals surface area contributed by atoms with Crippen LogP contribution in [0.2, 0.25) is 0 Å². The van der Waals surface area contributed by atoms with Gasteiger partial charge in [0.15, 0.2) is 0 Å². The molecule has 0 heterocycles. The van der Waals surface area contributed by atoms with E-state index in [1.807, 2.05) is 0 Å². The number of hydrogen-bond donors (Lipinski definition) is 0. The van der Waals surface area contributed by atoms with Crippen molar-refractivity contribution >= 4 is 11.6 Å². The Morgan fingerprint density at radius 3 is 2.80 bits per heavy atom. The van der Waals surface area contributed by atoms with Crippen molar-refractivity contribution in [3.05, 3.63) is 0 Å². The molecule has 0 radical (unpaired) electrons. The highest BCUT2D eigenvalue weighted by atomic mass is 35.5. The molecule has 2 fully saturated rings. The van der Waals surface area contributed by atoms with E-state index >= 15 is 0 Å². The van der Waals surface area contributed by atoms with Gasteiger partial charge in [0.05, 0.1) is 11.0 Å². The van der Waals surface area contributed by atoms with Gasteiger partial charge in [-0.15, -0.1) is 11.6 Å². The van der Waals surface area contributed by atoms with Crippen molar-refractivity contribution in [3.63, 3.8) is 0 Å². The average Bonchev–Trinajstić information content (AvgIpc) is 2.60. The Morgan fingerprint density at radius 2 is 2.30 bits per heavy atom. The number of ether oxygens (including phenoxy) is 1. The lowest BCUT2D eigenvalue weighted by Gasteiger charge is -2.19. The van der Waals surface area contributed by atoms with Crippen molar-refractivity contribution in [2.24, 2.45) is 5.92 Å². The molecule has 3 atom stereocenters. The SMILES string of the molecule is CO[C@]12CCCC[C@H]1[C@@H]2Cl. The lowest BCUT2D eigenvalue weighted by atomic mass is 9.98. The normalized spacial score (nSPS) is 52.2. The van der Waals surface area contributed by atoms with E-state index in [0.717, 1.165) is 0 Å². The molecule has 0 bridgehead atoms. The largest absolute Gasteiger partial charge is 0.376 e. The zero-order valence-corrected chi connectivity index (χ0v) is 7.03. The molecule has 0 saturated heterocycles. The minimum absolute atomic E-state index is 0.111. The van der Waals surface area contributed by atoms with Crippen LogP contribution in [0.25, 0.3) is 0 Å². The second kappa shape index (κ2) is 2.12. The van der Waals surface area contributed by atoms with Gasteiger partial charge in [0.1, 0.15) is 0 Å². The van der Waals surface area contributed by atoms with Gasteiger partial charge in [-0.3, -0.25) is 0 Å². The van der Waals surface area contributed by atoms with Crippen LogP contribution in [0.3, 0.4) is 0 Å². The maximum absolute atomic E-state index is 6.09. The van der Waals surface area contributed by atoms with Gasteiger partial charge < -0.3 is 4.74 Å². The first-order valence-electron chi connectivity index (χ1n) is 4.00. The third kappa shape index (κ3) is 0.680. The lowest BCUT2D eigenvalue weighted by molar-refractivity contribution is 0.0448. The van der Waals surface area contributed by atoms with Crippen molar-refractivity contribution in [1.82, 2.24) is 0 Å². The molecular weight excluding hydrogens is 148 g/mol. The molecule has 0 aromatic rings. The number of methoxy groups -OCH3 is 1. The molecule has 0 amide bonds. The molecule has 1 nitrogen and oxygen atoms in total. The summed E-state index contributed by atoms with van der Waals surface area (Å²) in [5.41, 5.74) is 0.111. The zero-order valence-electron chi connectivity index (χ0n) is 6.27. The third-order valence-corrected chi connectivity index (χ3v) is 3.72. The topological polar surface area (TPSA) is 9.23 Å². The second-order valence-corrected chi connectivity index (χ2v) is 3.88. The monoisotopic (exact) mass is 160 g/mol. The fourth-order valence-corrected chi connectivity index (χ4v) is 2.92. The first kappa shape index (κ1) is 6.93. The van der Waals surface area contributed by atoms with Crippen molar-refractivity contribution in [1.29, 1.82) is 0 Å². The summed E-state index contributed by atoms with van der Waals surface area (Å²) in [5.74, 6) is 0.674. The summed E-state index contributed by atoms with van der Waals surface area (Å²) in [6, 6.07) is 0. The Hall–Kier alpha value is 0.250. The summed E-state index contributed by atoms with van der Waals surface area (Å²) < 4.78 is 5.43. The van der Waals surface area contributed by atoms with Gasteiger partial charge in [-0.1, -0.05) is 12.8 Å². The molecule has 2 saturated carbocycles. The number of halogens is 1. The van der Waals surface area contributed by atoms with Crippen LogP contribution in [0.1, 0.15) is 25.7 Å². The number of hydrogen-bond acceptors (Lipinski definition) is 1. The third-order valence-electron chi connectivity index (χ3n) is 3.05. The van der Waals surface area contributed by atoms with E-state index in [9.17, 15) is 0 Å². The minimum Gasteiger partial charge on any atom is -0.376 e. The van der Waals surface area contributed by atoms with Crippen molar-refractivity contribution in [2.45, 2.75) is 36.7 Å². The number of fused-ring (bicyclic) bond motifs is 1. The van der Waals surface area contributed by atoms with Gasteiger partial charge in [-0.2, -0.15) is 0 Å². The predicted octanol–water partition coefficient (Wildman–Crippen LogP) is 2.18. The van der Waals surface area contributed by atoms with Crippen LogP contribution in [0, 0.1) is 5.92 Å². The van der Waals surface area contributed by atoms with E-state index in [0.29, 0.717) is 11.3 Å². The molecule has 0 N–H and O–H groups in total. The van der Waals surface area contributed by atoms with Gasteiger partial charge >= 0.3 is 0 Å². The molecule has 0 aromatic carbocycles. The zero-order chi connectivity index (χ0) is 7.19. The van der Waals surface area contributed by atoms with Gasteiger partial charge in [0.25, 0.3) is 0 Å². The van der Waals surface area contributed by atoms with E-state index in [4.69, 9.17) is 16.3 Å². The molecule has 2 heteroatoms. The molecule has 58 valence electrons. The van der Waals surface area contributed by atoms with E-state index in [1.165, 1.54) is 25.7 Å². The van der Waals surface area contributed by atoms with Crippen LogP contribution in [-0.2, 0) is 4.74 Å². The van der Waals surface area contributed by atoms with Gasteiger partial charge in [0, 0.05) is 13.0 Å². The summed E-state index contributed by atoms with van der Waals surface area (Å²) in [7, 11) is 1.79. The van der Waals surface area contributed by atoms with Crippen LogP contribution < -0.4 is 0 Å². The Kier molecular flexibility index (Phi) is 1.47. The maximum atomic E-state index is 6.09. The predicted molar refractivity (Wildman–Crippen MR) is 41.3 cm³/mol. The standard InChI is InChI=1S/C8H13ClO/c1-10-8-5-3-2-4-6(8)7(8)9/h6-7H,2-5H2,1H3/t6-,7-,8+/m0/s1. The molecule has 2 aliphatic rings. The highest BCUT2D eigenvalue weighted by Crippen LogP contribution is 2.59. The van der Waals surface area contributed by atoms with E-state index < -0.39 is 0 Å². The van der Waals surface area contributed by atoms with Gasteiger partial charge in [-0.25, -0.2) is 0 Å². The Morgan fingerprint density at radius 1 is 1.50 bits per heavy atom.